The Morgan fingerprint density at radius 2 is 1.54 bits per heavy atom. The van der Waals surface area contributed by atoms with Crippen LogP contribution in [0.15, 0.2) is 53.6 Å². The summed E-state index contributed by atoms with van der Waals surface area (Å²) < 4.78 is 5.31. The number of halogens is 1. The Kier molecular flexibility index (Phi) is 4.63. The van der Waals surface area contributed by atoms with Gasteiger partial charge in [-0.2, -0.15) is 0 Å². The van der Waals surface area contributed by atoms with Gasteiger partial charge in [-0.25, -0.2) is 4.90 Å². The van der Waals surface area contributed by atoms with Crippen LogP contribution >= 0.6 is 11.6 Å². The standard InChI is InChI=1S/C21H20ClNO3/c1-21(2,3)13-9-11-14(12-10-13)23-19(24)17(18(22)20(23)25)15-7-5-6-8-16(15)26-4/h5-12H,1-4H3. The van der Waals surface area contributed by atoms with Crippen LogP contribution in [0.4, 0.5) is 5.69 Å². The first-order chi connectivity index (χ1) is 12.3. The fraction of sp³-hybridized carbons (Fsp3) is 0.238. The Hall–Kier alpha value is -2.59. The normalized spacial score (nSPS) is 15.0. The third kappa shape index (κ3) is 3.01. The molecule has 0 aromatic heterocycles. The fourth-order valence-corrected chi connectivity index (χ4v) is 3.20. The van der Waals surface area contributed by atoms with Gasteiger partial charge in [0.1, 0.15) is 10.8 Å². The lowest BCUT2D eigenvalue weighted by Crippen LogP contribution is -2.31. The number of amides is 2. The van der Waals surface area contributed by atoms with E-state index in [0.717, 1.165) is 10.5 Å². The third-order valence-electron chi connectivity index (χ3n) is 4.40. The van der Waals surface area contributed by atoms with Gasteiger partial charge in [-0.15, -0.1) is 0 Å². The summed E-state index contributed by atoms with van der Waals surface area (Å²) >= 11 is 6.25. The molecule has 0 saturated carbocycles. The maximum Gasteiger partial charge on any atom is 0.277 e. The van der Waals surface area contributed by atoms with Crippen molar-refractivity contribution in [1.82, 2.24) is 0 Å². The first-order valence-corrected chi connectivity index (χ1v) is 8.66. The minimum atomic E-state index is -0.527. The molecule has 0 fully saturated rings. The maximum atomic E-state index is 13.0. The van der Waals surface area contributed by atoms with Gasteiger partial charge in [0, 0.05) is 5.56 Å². The summed E-state index contributed by atoms with van der Waals surface area (Å²) in [6, 6.07) is 14.4. The predicted octanol–water partition coefficient (Wildman–Crippen LogP) is 4.52. The minimum absolute atomic E-state index is 0.0178. The zero-order valence-electron chi connectivity index (χ0n) is 15.2. The second kappa shape index (κ2) is 6.61. The van der Waals surface area contributed by atoms with E-state index in [1.165, 1.54) is 7.11 Å². The van der Waals surface area contributed by atoms with E-state index in [1.54, 1.807) is 36.4 Å². The third-order valence-corrected chi connectivity index (χ3v) is 4.75. The van der Waals surface area contributed by atoms with Crippen LogP contribution in [0, 0.1) is 0 Å². The highest BCUT2D eigenvalue weighted by Crippen LogP contribution is 2.38. The van der Waals surface area contributed by atoms with Gasteiger partial charge in [-0.1, -0.05) is 62.7 Å². The molecule has 134 valence electrons. The van der Waals surface area contributed by atoms with Crippen LogP contribution in [0.2, 0.25) is 0 Å². The molecule has 0 bridgehead atoms. The lowest BCUT2D eigenvalue weighted by molar-refractivity contribution is -0.119. The molecule has 1 heterocycles. The second-order valence-corrected chi connectivity index (χ2v) is 7.51. The van der Waals surface area contributed by atoms with Crippen molar-refractivity contribution in [3.8, 4) is 5.75 Å². The Morgan fingerprint density at radius 3 is 2.12 bits per heavy atom. The monoisotopic (exact) mass is 369 g/mol. The van der Waals surface area contributed by atoms with Crippen molar-refractivity contribution in [1.29, 1.82) is 0 Å². The molecule has 1 aliphatic heterocycles. The zero-order valence-corrected chi connectivity index (χ0v) is 15.9. The molecule has 0 spiro atoms. The molecule has 26 heavy (non-hydrogen) atoms. The average molecular weight is 370 g/mol. The van der Waals surface area contributed by atoms with Gasteiger partial charge in [0.25, 0.3) is 11.8 Å². The number of carbonyl (C=O) groups is 2. The fourth-order valence-electron chi connectivity index (χ4n) is 2.93. The number of para-hydroxylation sites is 1. The van der Waals surface area contributed by atoms with Crippen molar-refractivity contribution in [3.05, 3.63) is 64.7 Å². The van der Waals surface area contributed by atoms with Crippen molar-refractivity contribution >= 4 is 34.7 Å². The van der Waals surface area contributed by atoms with Gasteiger partial charge in [0.05, 0.1) is 18.4 Å². The summed E-state index contributed by atoms with van der Waals surface area (Å²) in [5.41, 5.74) is 2.26. The molecular weight excluding hydrogens is 350 g/mol. The molecule has 1 aliphatic rings. The molecule has 2 amide bonds. The lowest BCUT2D eigenvalue weighted by Gasteiger charge is -2.21. The van der Waals surface area contributed by atoms with Crippen molar-refractivity contribution in [2.45, 2.75) is 26.2 Å². The Bertz CT molecular complexity index is 908. The van der Waals surface area contributed by atoms with Crippen LogP contribution in [0.1, 0.15) is 31.9 Å². The van der Waals surface area contributed by atoms with E-state index in [9.17, 15) is 9.59 Å². The highest BCUT2D eigenvalue weighted by molar-refractivity contribution is 6.60. The minimum Gasteiger partial charge on any atom is -0.496 e. The zero-order chi connectivity index (χ0) is 19.1. The number of benzene rings is 2. The number of rotatable bonds is 3. The number of carbonyl (C=O) groups excluding carboxylic acids is 2. The smallest absolute Gasteiger partial charge is 0.277 e. The molecule has 2 aromatic rings. The van der Waals surface area contributed by atoms with Crippen LogP contribution in [0.3, 0.4) is 0 Å². The topological polar surface area (TPSA) is 46.6 Å². The maximum absolute atomic E-state index is 13.0. The quantitative estimate of drug-likeness (QED) is 0.747. The highest BCUT2D eigenvalue weighted by atomic mass is 35.5. The first kappa shape index (κ1) is 18.2. The van der Waals surface area contributed by atoms with E-state index in [2.05, 4.69) is 20.8 Å². The van der Waals surface area contributed by atoms with Gasteiger partial charge in [-0.05, 0) is 29.2 Å². The number of hydrogen-bond donors (Lipinski definition) is 0. The largest absolute Gasteiger partial charge is 0.496 e. The Morgan fingerprint density at radius 1 is 0.923 bits per heavy atom. The van der Waals surface area contributed by atoms with E-state index in [4.69, 9.17) is 16.3 Å². The summed E-state index contributed by atoms with van der Waals surface area (Å²) in [5, 5.41) is -0.0978. The lowest BCUT2D eigenvalue weighted by atomic mass is 9.87. The number of nitrogens with zero attached hydrogens (tertiary/aromatic N) is 1. The van der Waals surface area contributed by atoms with Crippen LogP contribution in [0.25, 0.3) is 5.57 Å². The summed E-state index contributed by atoms with van der Waals surface area (Å²) in [6.45, 7) is 6.31. The number of methoxy groups -OCH3 is 1. The van der Waals surface area contributed by atoms with E-state index in [0.29, 0.717) is 17.0 Å². The molecule has 0 atom stereocenters. The SMILES string of the molecule is COc1ccccc1C1=C(Cl)C(=O)N(c2ccc(C(C)(C)C)cc2)C1=O. The average Bonchev–Trinajstić information content (AvgIpc) is 2.83. The molecule has 5 heteroatoms. The summed E-state index contributed by atoms with van der Waals surface area (Å²) in [6.07, 6.45) is 0. The van der Waals surface area contributed by atoms with Gasteiger partial charge in [0.15, 0.2) is 0 Å². The van der Waals surface area contributed by atoms with Crippen LogP contribution < -0.4 is 9.64 Å². The number of hydrogen-bond acceptors (Lipinski definition) is 3. The molecule has 0 unspecified atom stereocenters. The predicted molar refractivity (Wildman–Crippen MR) is 103 cm³/mol. The molecular formula is C21H20ClNO3. The Balaban J connectivity index is 2.01. The number of anilines is 1. The number of imide groups is 1. The number of ether oxygens (including phenoxy) is 1. The van der Waals surface area contributed by atoms with Crippen LogP contribution in [0.5, 0.6) is 5.75 Å². The first-order valence-electron chi connectivity index (χ1n) is 8.28. The van der Waals surface area contributed by atoms with Gasteiger partial charge in [0.2, 0.25) is 0 Å². The molecule has 4 nitrogen and oxygen atoms in total. The highest BCUT2D eigenvalue weighted by Gasteiger charge is 2.40. The molecule has 0 radical (unpaired) electrons. The van der Waals surface area contributed by atoms with Gasteiger partial charge in [-0.3, -0.25) is 9.59 Å². The Labute approximate surface area is 158 Å². The van der Waals surface area contributed by atoms with E-state index in [-0.39, 0.29) is 16.0 Å². The van der Waals surface area contributed by atoms with E-state index in [1.807, 2.05) is 12.1 Å². The van der Waals surface area contributed by atoms with E-state index < -0.39 is 11.8 Å². The molecule has 3 rings (SSSR count). The summed E-state index contributed by atoms with van der Waals surface area (Å²) in [4.78, 5) is 26.7. The van der Waals surface area contributed by atoms with Gasteiger partial charge < -0.3 is 4.74 Å². The molecule has 0 N–H and O–H groups in total. The van der Waals surface area contributed by atoms with Crippen molar-refractivity contribution in [3.63, 3.8) is 0 Å². The summed E-state index contributed by atoms with van der Waals surface area (Å²) in [7, 11) is 1.51. The van der Waals surface area contributed by atoms with Crippen molar-refractivity contribution < 1.29 is 14.3 Å². The molecule has 0 saturated heterocycles. The van der Waals surface area contributed by atoms with Crippen molar-refractivity contribution in [2.75, 3.05) is 12.0 Å². The van der Waals surface area contributed by atoms with Crippen molar-refractivity contribution in [2.24, 2.45) is 0 Å². The molecule has 0 aliphatic carbocycles. The van der Waals surface area contributed by atoms with Crippen LogP contribution in [-0.4, -0.2) is 18.9 Å². The summed E-state index contributed by atoms with van der Waals surface area (Å²) in [5.74, 6) is -0.485. The van der Waals surface area contributed by atoms with Crippen LogP contribution in [-0.2, 0) is 15.0 Å². The second-order valence-electron chi connectivity index (χ2n) is 7.13. The molecule has 2 aromatic carbocycles. The van der Waals surface area contributed by atoms with Gasteiger partial charge >= 0.3 is 0 Å². The van der Waals surface area contributed by atoms with E-state index >= 15 is 0 Å².